The first kappa shape index (κ1) is 12.6. The average molecular weight is 247 g/mol. The summed E-state index contributed by atoms with van der Waals surface area (Å²) in [7, 11) is 1.36. The average Bonchev–Trinajstić information content (AvgIpc) is 2.46. The summed E-state index contributed by atoms with van der Waals surface area (Å²) in [5.74, 6) is -0.412. The first-order valence-corrected chi connectivity index (χ1v) is 6.18. The number of carbonyl (C=O) groups is 2. The predicted octanol–water partition coefficient (Wildman–Crippen LogP) is 1.85. The van der Waals surface area contributed by atoms with Gasteiger partial charge in [-0.25, -0.2) is 4.79 Å². The van der Waals surface area contributed by atoms with E-state index in [4.69, 9.17) is 4.74 Å². The molecular weight excluding hydrogens is 230 g/mol. The van der Waals surface area contributed by atoms with E-state index in [9.17, 15) is 9.59 Å². The Morgan fingerprint density at radius 3 is 2.61 bits per heavy atom. The van der Waals surface area contributed by atoms with Crippen LogP contribution in [0.5, 0.6) is 0 Å². The highest BCUT2D eigenvalue weighted by Gasteiger charge is 2.33. The van der Waals surface area contributed by atoms with Gasteiger partial charge in [0.15, 0.2) is 0 Å². The molecule has 1 heterocycles. The fraction of sp³-hybridized carbons (Fsp3) is 0.429. The normalized spacial score (nSPS) is 19.4. The standard InChI is InChI=1S/C14H17NO3/c1-18-14(17)12-9-5-6-10-15(12)13(16)11-7-3-2-4-8-11/h2-4,7-8,12H,5-6,9-10H2,1H3. The Kier molecular flexibility index (Phi) is 3.97. The number of likely N-dealkylation sites (tertiary alicyclic amines) is 1. The first-order valence-electron chi connectivity index (χ1n) is 6.18. The number of hydrogen-bond donors (Lipinski definition) is 0. The molecule has 4 nitrogen and oxygen atoms in total. The number of methoxy groups -OCH3 is 1. The molecule has 1 fully saturated rings. The topological polar surface area (TPSA) is 46.6 Å². The SMILES string of the molecule is COC(=O)C1CCCCN1C(=O)c1ccccc1. The summed E-state index contributed by atoms with van der Waals surface area (Å²) in [5, 5.41) is 0. The number of esters is 1. The molecule has 4 heteroatoms. The third-order valence-corrected chi connectivity index (χ3v) is 3.26. The molecule has 18 heavy (non-hydrogen) atoms. The van der Waals surface area contributed by atoms with E-state index in [0.29, 0.717) is 18.5 Å². The zero-order valence-electron chi connectivity index (χ0n) is 10.5. The largest absolute Gasteiger partial charge is 0.467 e. The summed E-state index contributed by atoms with van der Waals surface area (Å²) in [5.41, 5.74) is 0.619. The molecule has 1 atom stereocenters. The Morgan fingerprint density at radius 1 is 1.22 bits per heavy atom. The monoisotopic (exact) mass is 247 g/mol. The molecule has 1 amide bonds. The predicted molar refractivity (Wildman–Crippen MR) is 67.1 cm³/mol. The third kappa shape index (κ3) is 2.53. The number of hydrogen-bond acceptors (Lipinski definition) is 3. The van der Waals surface area contributed by atoms with E-state index in [1.165, 1.54) is 7.11 Å². The molecule has 0 radical (unpaired) electrons. The lowest BCUT2D eigenvalue weighted by Crippen LogP contribution is -2.48. The van der Waals surface area contributed by atoms with Gasteiger partial charge >= 0.3 is 5.97 Å². The minimum absolute atomic E-state index is 0.0919. The van der Waals surface area contributed by atoms with Gasteiger partial charge in [0.2, 0.25) is 0 Å². The van der Waals surface area contributed by atoms with Crippen molar-refractivity contribution in [3.8, 4) is 0 Å². The Bertz CT molecular complexity index is 430. The molecular formula is C14H17NO3. The van der Waals surface area contributed by atoms with Gasteiger partial charge in [0.05, 0.1) is 7.11 Å². The van der Waals surface area contributed by atoms with E-state index < -0.39 is 6.04 Å². The number of benzene rings is 1. The summed E-state index contributed by atoms with van der Waals surface area (Å²) in [4.78, 5) is 25.7. The van der Waals surface area contributed by atoms with Crippen molar-refractivity contribution in [3.05, 3.63) is 35.9 Å². The fourth-order valence-electron chi connectivity index (χ4n) is 2.30. The van der Waals surface area contributed by atoms with E-state index in [0.717, 1.165) is 12.8 Å². The van der Waals surface area contributed by atoms with Crippen LogP contribution in [0.3, 0.4) is 0 Å². The Morgan fingerprint density at radius 2 is 1.94 bits per heavy atom. The van der Waals surface area contributed by atoms with Crippen LogP contribution in [0.2, 0.25) is 0 Å². The van der Waals surface area contributed by atoms with E-state index in [-0.39, 0.29) is 11.9 Å². The smallest absolute Gasteiger partial charge is 0.328 e. The highest BCUT2D eigenvalue weighted by molar-refractivity contribution is 5.96. The van der Waals surface area contributed by atoms with Crippen molar-refractivity contribution in [3.63, 3.8) is 0 Å². The van der Waals surface area contributed by atoms with Gasteiger partial charge < -0.3 is 9.64 Å². The fourth-order valence-corrected chi connectivity index (χ4v) is 2.30. The van der Waals surface area contributed by atoms with Crippen LogP contribution < -0.4 is 0 Å². The van der Waals surface area contributed by atoms with E-state index >= 15 is 0 Å². The second kappa shape index (κ2) is 5.67. The second-order valence-corrected chi connectivity index (χ2v) is 4.40. The zero-order chi connectivity index (χ0) is 13.0. The first-order chi connectivity index (χ1) is 8.74. The van der Waals surface area contributed by atoms with Crippen LogP contribution in [0.25, 0.3) is 0 Å². The summed E-state index contributed by atoms with van der Waals surface area (Å²) >= 11 is 0. The van der Waals surface area contributed by atoms with Crippen molar-refractivity contribution in [2.45, 2.75) is 25.3 Å². The zero-order valence-corrected chi connectivity index (χ0v) is 10.5. The molecule has 1 unspecified atom stereocenters. The number of rotatable bonds is 2. The number of piperidine rings is 1. The Hall–Kier alpha value is -1.84. The molecule has 0 aliphatic carbocycles. The van der Waals surface area contributed by atoms with Crippen molar-refractivity contribution in [1.29, 1.82) is 0 Å². The molecule has 2 rings (SSSR count). The number of amides is 1. The molecule has 0 saturated carbocycles. The van der Waals surface area contributed by atoms with Gasteiger partial charge in [-0.3, -0.25) is 4.79 Å². The molecule has 0 bridgehead atoms. The van der Waals surface area contributed by atoms with Crippen LogP contribution in [0.15, 0.2) is 30.3 Å². The van der Waals surface area contributed by atoms with Crippen LogP contribution in [0, 0.1) is 0 Å². The summed E-state index contributed by atoms with van der Waals surface area (Å²) < 4.78 is 4.77. The molecule has 1 aromatic rings. The van der Waals surface area contributed by atoms with Crippen molar-refractivity contribution in [2.24, 2.45) is 0 Å². The van der Waals surface area contributed by atoms with Gasteiger partial charge in [0, 0.05) is 12.1 Å². The van der Waals surface area contributed by atoms with Gasteiger partial charge in [-0.15, -0.1) is 0 Å². The minimum Gasteiger partial charge on any atom is -0.467 e. The third-order valence-electron chi connectivity index (χ3n) is 3.26. The van der Waals surface area contributed by atoms with Gasteiger partial charge in [-0.1, -0.05) is 18.2 Å². The van der Waals surface area contributed by atoms with E-state index in [1.807, 2.05) is 18.2 Å². The summed E-state index contributed by atoms with van der Waals surface area (Å²) in [6, 6.07) is 8.62. The van der Waals surface area contributed by atoms with Crippen molar-refractivity contribution < 1.29 is 14.3 Å². The molecule has 96 valence electrons. The lowest BCUT2D eigenvalue weighted by molar-refractivity contribution is -0.147. The lowest BCUT2D eigenvalue weighted by Gasteiger charge is -2.33. The van der Waals surface area contributed by atoms with Crippen LogP contribution >= 0.6 is 0 Å². The van der Waals surface area contributed by atoms with Gasteiger partial charge in [0.25, 0.3) is 5.91 Å². The highest BCUT2D eigenvalue weighted by atomic mass is 16.5. The lowest BCUT2D eigenvalue weighted by atomic mass is 10.0. The Balaban J connectivity index is 2.19. The molecule has 1 aliphatic rings. The van der Waals surface area contributed by atoms with E-state index in [2.05, 4.69) is 0 Å². The number of carbonyl (C=O) groups excluding carboxylic acids is 2. The number of nitrogens with zero attached hydrogens (tertiary/aromatic N) is 1. The maximum atomic E-state index is 12.3. The van der Waals surface area contributed by atoms with Crippen LogP contribution in [0.4, 0.5) is 0 Å². The van der Waals surface area contributed by atoms with Crippen LogP contribution in [-0.2, 0) is 9.53 Å². The van der Waals surface area contributed by atoms with E-state index in [1.54, 1.807) is 17.0 Å². The van der Waals surface area contributed by atoms with Gasteiger partial charge in [-0.05, 0) is 31.4 Å². The molecule has 0 N–H and O–H groups in total. The molecule has 1 aromatic carbocycles. The summed E-state index contributed by atoms with van der Waals surface area (Å²) in [6.07, 6.45) is 2.58. The molecule has 1 saturated heterocycles. The Labute approximate surface area is 107 Å². The maximum Gasteiger partial charge on any atom is 0.328 e. The van der Waals surface area contributed by atoms with Crippen molar-refractivity contribution in [1.82, 2.24) is 4.90 Å². The number of ether oxygens (including phenoxy) is 1. The van der Waals surface area contributed by atoms with Crippen molar-refractivity contribution >= 4 is 11.9 Å². The van der Waals surface area contributed by atoms with Crippen LogP contribution in [0.1, 0.15) is 29.6 Å². The molecule has 0 spiro atoms. The van der Waals surface area contributed by atoms with Gasteiger partial charge in [-0.2, -0.15) is 0 Å². The van der Waals surface area contributed by atoms with Crippen LogP contribution in [-0.4, -0.2) is 36.5 Å². The van der Waals surface area contributed by atoms with Gasteiger partial charge in [0.1, 0.15) is 6.04 Å². The minimum atomic E-state index is -0.434. The quantitative estimate of drug-likeness (QED) is 0.749. The molecule has 1 aliphatic heterocycles. The molecule has 0 aromatic heterocycles. The highest BCUT2D eigenvalue weighted by Crippen LogP contribution is 2.20. The summed E-state index contributed by atoms with van der Waals surface area (Å²) in [6.45, 7) is 0.619. The second-order valence-electron chi connectivity index (χ2n) is 4.40. The van der Waals surface area contributed by atoms with Crippen molar-refractivity contribution in [2.75, 3.05) is 13.7 Å². The maximum absolute atomic E-state index is 12.3.